The van der Waals surface area contributed by atoms with Crippen molar-refractivity contribution in [3.8, 4) is 22.9 Å². The predicted octanol–water partition coefficient (Wildman–Crippen LogP) is 4.37. The molecule has 0 saturated heterocycles. The summed E-state index contributed by atoms with van der Waals surface area (Å²) in [5, 5.41) is 0. The first-order valence-corrected chi connectivity index (χ1v) is 11.2. The van der Waals surface area contributed by atoms with Crippen molar-refractivity contribution in [2.75, 3.05) is 21.3 Å². The highest BCUT2D eigenvalue weighted by atomic mass is 16.5. The van der Waals surface area contributed by atoms with E-state index in [1.54, 1.807) is 31.5 Å². The molecule has 3 aromatic rings. The number of amides is 1. The van der Waals surface area contributed by atoms with Crippen molar-refractivity contribution in [1.82, 2.24) is 24.8 Å². The van der Waals surface area contributed by atoms with E-state index in [9.17, 15) is 4.79 Å². The second-order valence-electron chi connectivity index (χ2n) is 8.43. The second kappa shape index (κ2) is 9.97. The summed E-state index contributed by atoms with van der Waals surface area (Å²) in [4.78, 5) is 30.5. The Balaban J connectivity index is 1.55. The van der Waals surface area contributed by atoms with Gasteiger partial charge < -0.3 is 19.3 Å². The summed E-state index contributed by atoms with van der Waals surface area (Å²) < 4.78 is 10.6. The van der Waals surface area contributed by atoms with Gasteiger partial charge in [-0.1, -0.05) is 12.6 Å². The van der Waals surface area contributed by atoms with Crippen molar-refractivity contribution in [2.24, 2.45) is 0 Å². The van der Waals surface area contributed by atoms with Crippen molar-refractivity contribution in [2.45, 2.75) is 26.9 Å². The summed E-state index contributed by atoms with van der Waals surface area (Å²) in [6.07, 6.45) is 5.39. The number of rotatable bonds is 8. The van der Waals surface area contributed by atoms with E-state index in [4.69, 9.17) is 14.5 Å². The third kappa shape index (κ3) is 4.87. The zero-order chi connectivity index (χ0) is 25.1. The molecule has 8 heteroatoms. The molecule has 1 aliphatic heterocycles. The van der Waals surface area contributed by atoms with Crippen LogP contribution < -0.4 is 9.47 Å². The van der Waals surface area contributed by atoms with Gasteiger partial charge in [-0.2, -0.15) is 0 Å². The smallest absolute Gasteiger partial charge is 0.260 e. The highest BCUT2D eigenvalue weighted by molar-refractivity contribution is 6.00. The molecule has 1 aliphatic rings. The lowest BCUT2D eigenvalue weighted by Crippen LogP contribution is -2.23. The standard InChI is InChI=1S/C27H29N5O3/c1-17-11-22(20-13-24(34-5)26(35-6)29-14-20)30-23-16-32(27(33)25(17)23)19(3)12-18(2)31(4)15-21-9-7-8-10-28-21/h7-14H,3,15-16H2,1-2,4-6H3/b18-12-. The van der Waals surface area contributed by atoms with Gasteiger partial charge >= 0.3 is 0 Å². The zero-order valence-corrected chi connectivity index (χ0v) is 20.7. The summed E-state index contributed by atoms with van der Waals surface area (Å²) in [5.74, 6) is 0.830. The number of ether oxygens (including phenoxy) is 2. The molecule has 0 N–H and O–H groups in total. The van der Waals surface area contributed by atoms with Gasteiger partial charge in [0.25, 0.3) is 11.8 Å². The third-order valence-corrected chi connectivity index (χ3v) is 6.04. The van der Waals surface area contributed by atoms with E-state index in [0.29, 0.717) is 41.7 Å². The number of aromatic nitrogens is 3. The highest BCUT2D eigenvalue weighted by Crippen LogP contribution is 2.33. The molecule has 0 atom stereocenters. The first kappa shape index (κ1) is 23.9. The van der Waals surface area contributed by atoms with Crippen LogP contribution in [0.3, 0.4) is 0 Å². The van der Waals surface area contributed by atoms with E-state index in [-0.39, 0.29) is 5.91 Å². The van der Waals surface area contributed by atoms with Crippen LogP contribution in [-0.2, 0) is 13.1 Å². The molecule has 180 valence electrons. The molecule has 1 amide bonds. The minimum Gasteiger partial charge on any atom is -0.491 e. The zero-order valence-electron chi connectivity index (χ0n) is 20.7. The normalized spacial score (nSPS) is 13.0. The fourth-order valence-corrected chi connectivity index (χ4v) is 4.04. The fourth-order valence-electron chi connectivity index (χ4n) is 4.04. The van der Waals surface area contributed by atoms with Gasteiger partial charge in [0.05, 0.1) is 50.0 Å². The van der Waals surface area contributed by atoms with Crippen LogP contribution in [0.4, 0.5) is 0 Å². The SMILES string of the molecule is C=C(/C=C(/C)N(C)Cc1ccccn1)N1Cc2nc(-c3cnc(OC)c(OC)c3)cc(C)c2C1=O. The minimum absolute atomic E-state index is 0.0941. The maximum absolute atomic E-state index is 13.3. The lowest BCUT2D eigenvalue weighted by molar-refractivity contribution is 0.0831. The molecule has 0 aliphatic carbocycles. The maximum Gasteiger partial charge on any atom is 0.260 e. The number of nitrogens with zero attached hydrogens (tertiary/aromatic N) is 5. The third-order valence-electron chi connectivity index (χ3n) is 6.04. The predicted molar refractivity (Wildman–Crippen MR) is 134 cm³/mol. The molecule has 0 fully saturated rings. The average Bonchev–Trinajstić information content (AvgIpc) is 3.20. The first-order chi connectivity index (χ1) is 16.8. The van der Waals surface area contributed by atoms with Gasteiger partial charge in [-0.25, -0.2) is 4.98 Å². The van der Waals surface area contributed by atoms with Gasteiger partial charge in [-0.3, -0.25) is 14.8 Å². The Morgan fingerprint density at radius 2 is 2.03 bits per heavy atom. The van der Waals surface area contributed by atoms with E-state index in [0.717, 1.165) is 28.2 Å². The molecule has 4 rings (SSSR count). The summed E-state index contributed by atoms with van der Waals surface area (Å²) in [6, 6.07) is 9.58. The van der Waals surface area contributed by atoms with Gasteiger partial charge in [-0.15, -0.1) is 0 Å². The summed E-state index contributed by atoms with van der Waals surface area (Å²) >= 11 is 0. The molecule has 0 radical (unpaired) electrons. The van der Waals surface area contributed by atoms with Gasteiger partial charge in [0.2, 0.25) is 0 Å². The highest BCUT2D eigenvalue weighted by Gasteiger charge is 2.32. The van der Waals surface area contributed by atoms with Crippen LogP contribution in [0.15, 0.2) is 66.8 Å². The molecule has 0 bridgehead atoms. The molecular weight excluding hydrogens is 442 g/mol. The van der Waals surface area contributed by atoms with Crippen LogP contribution in [0.25, 0.3) is 11.3 Å². The van der Waals surface area contributed by atoms with Crippen LogP contribution >= 0.6 is 0 Å². The Morgan fingerprint density at radius 3 is 2.71 bits per heavy atom. The van der Waals surface area contributed by atoms with Crippen molar-refractivity contribution >= 4 is 5.91 Å². The number of allylic oxidation sites excluding steroid dienone is 2. The molecule has 4 heterocycles. The molecule has 0 spiro atoms. The molecule has 3 aromatic heterocycles. The average molecular weight is 472 g/mol. The van der Waals surface area contributed by atoms with Crippen molar-refractivity contribution in [3.63, 3.8) is 0 Å². The fraction of sp³-hybridized carbons (Fsp3) is 0.259. The summed E-state index contributed by atoms with van der Waals surface area (Å²) in [5.41, 5.74) is 6.26. The largest absolute Gasteiger partial charge is 0.491 e. The van der Waals surface area contributed by atoms with E-state index < -0.39 is 0 Å². The van der Waals surface area contributed by atoms with Crippen LogP contribution in [0, 0.1) is 6.92 Å². The number of aryl methyl sites for hydroxylation is 1. The Kier molecular flexibility index (Phi) is 6.82. The molecule has 35 heavy (non-hydrogen) atoms. The van der Waals surface area contributed by atoms with Gasteiger partial charge in [0.15, 0.2) is 5.75 Å². The summed E-state index contributed by atoms with van der Waals surface area (Å²) in [7, 11) is 5.10. The van der Waals surface area contributed by atoms with Gasteiger partial charge in [0.1, 0.15) is 0 Å². The lowest BCUT2D eigenvalue weighted by atomic mass is 10.0. The molecule has 0 saturated carbocycles. The monoisotopic (exact) mass is 471 g/mol. The van der Waals surface area contributed by atoms with Gasteiger partial charge in [-0.05, 0) is 49.8 Å². The number of carbonyl (C=O) groups is 1. The quantitative estimate of drug-likeness (QED) is 0.451. The van der Waals surface area contributed by atoms with E-state index >= 15 is 0 Å². The number of pyridine rings is 3. The molecule has 0 unspecified atom stereocenters. The lowest BCUT2D eigenvalue weighted by Gasteiger charge is -2.22. The Hall–Kier alpha value is -4.20. The first-order valence-electron chi connectivity index (χ1n) is 11.2. The van der Waals surface area contributed by atoms with Crippen LogP contribution in [0.2, 0.25) is 0 Å². The Bertz CT molecular complexity index is 1300. The molecule has 8 nitrogen and oxygen atoms in total. The second-order valence-corrected chi connectivity index (χ2v) is 8.43. The minimum atomic E-state index is -0.0941. The van der Waals surface area contributed by atoms with E-state index in [1.807, 2.05) is 57.3 Å². The topological polar surface area (TPSA) is 80.7 Å². The maximum atomic E-state index is 13.3. The van der Waals surface area contributed by atoms with Crippen LogP contribution in [-0.4, -0.2) is 51.9 Å². The number of hydrogen-bond donors (Lipinski definition) is 0. The van der Waals surface area contributed by atoms with E-state index in [2.05, 4.69) is 21.4 Å². The summed E-state index contributed by atoms with van der Waals surface area (Å²) in [6.45, 7) is 9.10. The van der Waals surface area contributed by atoms with E-state index in [1.165, 1.54) is 0 Å². The Labute approximate surface area is 205 Å². The van der Waals surface area contributed by atoms with Crippen LogP contribution in [0.1, 0.15) is 34.2 Å². The number of fused-ring (bicyclic) bond motifs is 1. The van der Waals surface area contributed by atoms with Crippen LogP contribution in [0.5, 0.6) is 11.6 Å². The van der Waals surface area contributed by atoms with Crippen molar-refractivity contribution in [3.05, 3.63) is 89.3 Å². The van der Waals surface area contributed by atoms with Crippen molar-refractivity contribution in [1.29, 1.82) is 0 Å². The number of carbonyl (C=O) groups excluding carboxylic acids is 1. The number of hydrogen-bond acceptors (Lipinski definition) is 7. The Morgan fingerprint density at radius 1 is 1.23 bits per heavy atom. The number of methoxy groups -OCH3 is 2. The molecule has 0 aromatic carbocycles. The van der Waals surface area contributed by atoms with Crippen molar-refractivity contribution < 1.29 is 14.3 Å². The van der Waals surface area contributed by atoms with Gasteiger partial charge in [0, 0.05) is 36.4 Å². The molecular formula is C27H29N5O3.